The average Bonchev–Trinajstić information content (AvgIpc) is 3.17. The second-order valence-electron chi connectivity index (χ2n) is 5.47. The number of hydrogen-bond acceptors (Lipinski definition) is 4. The van der Waals surface area contributed by atoms with Gasteiger partial charge in [-0.05, 0) is 25.1 Å². The van der Waals surface area contributed by atoms with Crippen LogP contribution in [0.2, 0.25) is 0 Å². The number of carbonyl (C=O) groups is 1. The SMILES string of the molecule is CCN(CC)S(=O)(=O)c1cc(C(=O)N[C@H](C)c2ccco2)n(C)c1. The molecular formula is C16H23N3O4S. The van der Waals surface area contributed by atoms with E-state index in [4.69, 9.17) is 4.42 Å². The Bertz CT molecular complexity index is 789. The van der Waals surface area contributed by atoms with Gasteiger partial charge in [0.05, 0.1) is 12.3 Å². The molecule has 0 unspecified atom stereocenters. The van der Waals surface area contributed by atoms with Gasteiger partial charge in [0.25, 0.3) is 5.91 Å². The summed E-state index contributed by atoms with van der Waals surface area (Å²) in [7, 11) is -1.95. The fourth-order valence-electron chi connectivity index (χ4n) is 2.49. The van der Waals surface area contributed by atoms with E-state index in [2.05, 4.69) is 5.32 Å². The zero-order valence-electron chi connectivity index (χ0n) is 14.3. The van der Waals surface area contributed by atoms with Crippen molar-refractivity contribution in [1.29, 1.82) is 0 Å². The largest absolute Gasteiger partial charge is 0.467 e. The van der Waals surface area contributed by atoms with Gasteiger partial charge in [-0.15, -0.1) is 0 Å². The first-order chi connectivity index (χ1) is 11.3. The van der Waals surface area contributed by atoms with Gasteiger partial charge in [-0.25, -0.2) is 8.42 Å². The van der Waals surface area contributed by atoms with Gasteiger partial charge in [-0.2, -0.15) is 4.31 Å². The summed E-state index contributed by atoms with van der Waals surface area (Å²) in [5, 5.41) is 2.80. The normalized spacial score (nSPS) is 13.2. The van der Waals surface area contributed by atoms with Crippen molar-refractivity contribution in [1.82, 2.24) is 14.2 Å². The van der Waals surface area contributed by atoms with Gasteiger partial charge in [0.2, 0.25) is 10.0 Å². The predicted molar refractivity (Wildman–Crippen MR) is 90.1 cm³/mol. The number of nitrogens with zero attached hydrogens (tertiary/aromatic N) is 2. The summed E-state index contributed by atoms with van der Waals surface area (Å²) in [4.78, 5) is 12.6. The van der Waals surface area contributed by atoms with Crippen LogP contribution >= 0.6 is 0 Å². The molecule has 0 fully saturated rings. The van der Waals surface area contributed by atoms with Crippen LogP contribution in [-0.2, 0) is 17.1 Å². The first-order valence-electron chi connectivity index (χ1n) is 7.82. The molecule has 8 heteroatoms. The van der Waals surface area contributed by atoms with Crippen molar-refractivity contribution in [2.45, 2.75) is 31.7 Å². The summed E-state index contributed by atoms with van der Waals surface area (Å²) in [5.41, 5.74) is 0.277. The highest BCUT2D eigenvalue weighted by molar-refractivity contribution is 7.89. The lowest BCUT2D eigenvalue weighted by Crippen LogP contribution is -2.30. The van der Waals surface area contributed by atoms with E-state index in [0.29, 0.717) is 18.8 Å². The quantitative estimate of drug-likeness (QED) is 0.826. The number of aryl methyl sites for hydroxylation is 1. The molecule has 24 heavy (non-hydrogen) atoms. The van der Waals surface area contributed by atoms with Crippen molar-refractivity contribution in [2.24, 2.45) is 7.05 Å². The lowest BCUT2D eigenvalue weighted by molar-refractivity contribution is 0.0927. The maximum absolute atomic E-state index is 12.6. The summed E-state index contributed by atoms with van der Waals surface area (Å²) in [6.07, 6.45) is 3.00. The number of aromatic nitrogens is 1. The Morgan fingerprint density at radius 1 is 1.38 bits per heavy atom. The van der Waals surface area contributed by atoms with Crippen molar-refractivity contribution in [3.8, 4) is 0 Å². The van der Waals surface area contributed by atoms with Gasteiger partial charge in [0, 0.05) is 26.3 Å². The van der Waals surface area contributed by atoms with Crippen LogP contribution in [0, 0.1) is 0 Å². The molecule has 1 amide bonds. The Morgan fingerprint density at radius 3 is 2.58 bits per heavy atom. The smallest absolute Gasteiger partial charge is 0.268 e. The topological polar surface area (TPSA) is 84.6 Å². The molecule has 2 aromatic rings. The van der Waals surface area contributed by atoms with Gasteiger partial charge in [0.1, 0.15) is 16.3 Å². The lowest BCUT2D eigenvalue weighted by atomic mass is 10.2. The van der Waals surface area contributed by atoms with Gasteiger partial charge >= 0.3 is 0 Å². The third-order valence-electron chi connectivity index (χ3n) is 3.87. The van der Waals surface area contributed by atoms with Crippen LogP contribution in [0.3, 0.4) is 0 Å². The van der Waals surface area contributed by atoms with Gasteiger partial charge in [-0.3, -0.25) is 4.79 Å². The molecule has 0 aliphatic carbocycles. The highest BCUT2D eigenvalue weighted by atomic mass is 32.2. The number of furan rings is 1. The Kier molecular flexibility index (Phi) is 5.51. The second kappa shape index (κ2) is 7.23. The molecule has 0 aromatic carbocycles. The summed E-state index contributed by atoms with van der Waals surface area (Å²) >= 11 is 0. The first-order valence-corrected chi connectivity index (χ1v) is 9.26. The molecule has 0 spiro atoms. The molecule has 2 rings (SSSR count). The van der Waals surface area contributed by atoms with Crippen LogP contribution in [0.1, 0.15) is 43.1 Å². The minimum atomic E-state index is -3.59. The van der Waals surface area contributed by atoms with Crippen LogP contribution in [-0.4, -0.2) is 36.3 Å². The van der Waals surface area contributed by atoms with Crippen LogP contribution in [0.15, 0.2) is 40.0 Å². The van der Waals surface area contributed by atoms with Crippen molar-refractivity contribution in [3.63, 3.8) is 0 Å². The molecule has 0 aliphatic rings. The Labute approximate surface area is 142 Å². The summed E-state index contributed by atoms with van der Waals surface area (Å²) in [6, 6.07) is 4.60. The highest BCUT2D eigenvalue weighted by Crippen LogP contribution is 2.19. The molecule has 0 bridgehead atoms. The van der Waals surface area contributed by atoms with E-state index in [1.54, 1.807) is 40.0 Å². The van der Waals surface area contributed by atoms with Crippen LogP contribution in [0.5, 0.6) is 0 Å². The lowest BCUT2D eigenvalue weighted by Gasteiger charge is -2.17. The first kappa shape index (κ1) is 18.3. The molecular weight excluding hydrogens is 330 g/mol. The minimum absolute atomic E-state index is 0.115. The van der Waals surface area contributed by atoms with E-state index in [1.807, 2.05) is 0 Å². The zero-order valence-corrected chi connectivity index (χ0v) is 15.1. The van der Waals surface area contributed by atoms with Crippen LogP contribution < -0.4 is 5.32 Å². The number of amides is 1. The monoisotopic (exact) mass is 353 g/mol. The van der Waals surface area contributed by atoms with Crippen molar-refractivity contribution in [3.05, 3.63) is 42.1 Å². The Hall–Kier alpha value is -2.06. The van der Waals surface area contributed by atoms with Gasteiger partial charge < -0.3 is 14.3 Å². The second-order valence-corrected chi connectivity index (χ2v) is 7.41. The standard InChI is InChI=1S/C16H23N3O4S/c1-5-19(6-2)24(21,22)13-10-14(18(4)11-13)16(20)17-12(3)15-8-7-9-23-15/h7-12H,5-6H2,1-4H3,(H,17,20)/t12-/m1/s1. The van der Waals surface area contributed by atoms with Crippen LogP contribution in [0.4, 0.5) is 0 Å². The predicted octanol–water partition coefficient (Wildman–Crippen LogP) is 2.14. The number of rotatable bonds is 7. The molecule has 0 saturated carbocycles. The number of sulfonamides is 1. The van der Waals surface area contributed by atoms with Crippen molar-refractivity contribution in [2.75, 3.05) is 13.1 Å². The number of carbonyl (C=O) groups excluding carboxylic acids is 1. The molecule has 0 aliphatic heterocycles. The molecule has 2 heterocycles. The minimum Gasteiger partial charge on any atom is -0.467 e. The molecule has 1 N–H and O–H groups in total. The number of hydrogen-bond donors (Lipinski definition) is 1. The summed E-state index contributed by atoms with van der Waals surface area (Å²) < 4.78 is 33.2. The maximum Gasteiger partial charge on any atom is 0.268 e. The third-order valence-corrected chi connectivity index (χ3v) is 5.89. The Balaban J connectivity index is 2.24. The molecule has 2 aromatic heterocycles. The molecule has 0 saturated heterocycles. The van der Waals surface area contributed by atoms with Crippen molar-refractivity contribution < 1.29 is 17.6 Å². The maximum atomic E-state index is 12.6. The molecule has 0 radical (unpaired) electrons. The fourth-order valence-corrected chi connectivity index (χ4v) is 4.02. The number of nitrogens with one attached hydrogen (secondary N) is 1. The zero-order chi connectivity index (χ0) is 17.9. The fraction of sp³-hybridized carbons (Fsp3) is 0.438. The van der Waals surface area contributed by atoms with Crippen LogP contribution in [0.25, 0.3) is 0 Å². The van der Waals surface area contributed by atoms with E-state index < -0.39 is 10.0 Å². The molecule has 1 atom stereocenters. The molecule has 132 valence electrons. The van der Waals surface area contributed by atoms with E-state index in [1.165, 1.54) is 27.4 Å². The summed E-state index contributed by atoms with van der Waals surface area (Å²) in [6.45, 7) is 6.12. The van der Waals surface area contributed by atoms with E-state index >= 15 is 0 Å². The van der Waals surface area contributed by atoms with E-state index in [9.17, 15) is 13.2 Å². The Morgan fingerprint density at radius 2 is 2.04 bits per heavy atom. The average molecular weight is 353 g/mol. The van der Waals surface area contributed by atoms with Gasteiger partial charge in [0.15, 0.2) is 0 Å². The van der Waals surface area contributed by atoms with E-state index in [0.717, 1.165) is 0 Å². The molecule has 7 nitrogen and oxygen atoms in total. The summed E-state index contributed by atoms with van der Waals surface area (Å²) in [5.74, 6) is 0.274. The highest BCUT2D eigenvalue weighted by Gasteiger charge is 2.26. The van der Waals surface area contributed by atoms with Crippen molar-refractivity contribution >= 4 is 15.9 Å². The van der Waals surface area contributed by atoms with E-state index in [-0.39, 0.29) is 22.5 Å². The van der Waals surface area contributed by atoms with Gasteiger partial charge in [-0.1, -0.05) is 13.8 Å². The third kappa shape index (κ3) is 3.54.